The number of aryl methyl sites for hydroxylation is 1. The Morgan fingerprint density at radius 1 is 1.04 bits per heavy atom. The van der Waals surface area contributed by atoms with Crippen LogP contribution in [0.25, 0.3) is 11.1 Å². The number of oxazole rings is 1. The van der Waals surface area contributed by atoms with Gasteiger partial charge in [-0.15, -0.1) is 0 Å². The van der Waals surface area contributed by atoms with Crippen molar-refractivity contribution < 1.29 is 4.42 Å². The van der Waals surface area contributed by atoms with E-state index in [0.717, 1.165) is 49.5 Å². The van der Waals surface area contributed by atoms with Gasteiger partial charge >= 0.3 is 0 Å². The van der Waals surface area contributed by atoms with Crippen molar-refractivity contribution in [3.63, 3.8) is 0 Å². The van der Waals surface area contributed by atoms with Crippen LogP contribution >= 0.6 is 0 Å². The summed E-state index contributed by atoms with van der Waals surface area (Å²) in [6, 6.07) is 8.04. The topological polar surface area (TPSA) is 60.0 Å². The normalized spacial score (nSPS) is 16.6. The molecule has 0 radical (unpaired) electrons. The number of unbranched alkanes of at least 4 members (excludes halogenated alkanes) is 2. The Kier molecular flexibility index (Phi) is 5.06. The van der Waals surface area contributed by atoms with E-state index in [1.54, 1.807) is 12.7 Å². The van der Waals surface area contributed by atoms with Crippen LogP contribution in [0.2, 0.25) is 0 Å². The third-order valence-electron chi connectivity index (χ3n) is 5.08. The Morgan fingerprint density at radius 3 is 2.68 bits per heavy atom. The quantitative estimate of drug-likeness (QED) is 0.617. The minimum atomic E-state index is 0.468. The predicted molar refractivity (Wildman–Crippen MR) is 96.3 cm³/mol. The van der Waals surface area contributed by atoms with Gasteiger partial charge in [0.2, 0.25) is 0 Å². The van der Waals surface area contributed by atoms with Crippen LogP contribution < -0.4 is 0 Å². The lowest BCUT2D eigenvalue weighted by Gasteiger charge is -2.30. The van der Waals surface area contributed by atoms with E-state index < -0.39 is 0 Å². The Labute approximate surface area is 147 Å². The van der Waals surface area contributed by atoms with Crippen molar-refractivity contribution in [1.82, 2.24) is 24.6 Å². The Morgan fingerprint density at radius 2 is 1.88 bits per heavy atom. The molecule has 0 amide bonds. The number of aromatic nitrogens is 4. The number of benzene rings is 1. The third kappa shape index (κ3) is 4.07. The molecule has 6 nitrogen and oxygen atoms in total. The van der Waals surface area contributed by atoms with Crippen LogP contribution in [0.15, 0.2) is 41.3 Å². The molecule has 1 aromatic carbocycles. The summed E-state index contributed by atoms with van der Waals surface area (Å²) in [7, 11) is 0. The summed E-state index contributed by atoms with van der Waals surface area (Å²) in [6.07, 6.45) is 9.34. The fraction of sp³-hybridized carbons (Fsp3) is 0.526. The van der Waals surface area contributed by atoms with Crippen molar-refractivity contribution in [2.45, 2.75) is 44.6 Å². The van der Waals surface area contributed by atoms with E-state index >= 15 is 0 Å². The lowest BCUT2D eigenvalue weighted by molar-refractivity contribution is 0.197. The Hall–Kier alpha value is -2.21. The highest BCUT2D eigenvalue weighted by atomic mass is 16.3. The van der Waals surface area contributed by atoms with Gasteiger partial charge in [0, 0.05) is 12.5 Å². The fourth-order valence-corrected chi connectivity index (χ4v) is 3.60. The van der Waals surface area contributed by atoms with E-state index in [-0.39, 0.29) is 0 Å². The largest absolute Gasteiger partial charge is 0.440 e. The molecule has 3 heterocycles. The molecule has 3 aromatic rings. The maximum absolute atomic E-state index is 5.95. The molecule has 0 saturated carbocycles. The van der Waals surface area contributed by atoms with Gasteiger partial charge in [-0.1, -0.05) is 18.6 Å². The summed E-state index contributed by atoms with van der Waals surface area (Å²) >= 11 is 0. The van der Waals surface area contributed by atoms with E-state index in [1.165, 1.54) is 25.8 Å². The number of piperidine rings is 1. The average molecular weight is 339 g/mol. The van der Waals surface area contributed by atoms with Crippen LogP contribution in [-0.2, 0) is 6.54 Å². The van der Waals surface area contributed by atoms with Crippen molar-refractivity contribution in [2.24, 2.45) is 0 Å². The summed E-state index contributed by atoms with van der Waals surface area (Å²) < 4.78 is 7.86. The summed E-state index contributed by atoms with van der Waals surface area (Å²) in [6.45, 7) is 4.45. The van der Waals surface area contributed by atoms with Gasteiger partial charge in [-0.05, 0) is 57.5 Å². The first-order chi connectivity index (χ1) is 12.4. The SMILES string of the molecule is c1ccc2oc(C3CCN(CCCCCn4cncn4)CC3)nc2c1. The van der Waals surface area contributed by atoms with E-state index in [9.17, 15) is 0 Å². The highest BCUT2D eigenvalue weighted by Gasteiger charge is 2.24. The van der Waals surface area contributed by atoms with Crippen molar-refractivity contribution in [1.29, 1.82) is 0 Å². The average Bonchev–Trinajstić information content (AvgIpc) is 3.31. The number of fused-ring (bicyclic) bond motifs is 1. The van der Waals surface area contributed by atoms with Crippen LogP contribution in [0.1, 0.15) is 43.9 Å². The zero-order chi connectivity index (χ0) is 16.9. The van der Waals surface area contributed by atoms with Gasteiger partial charge in [-0.3, -0.25) is 4.68 Å². The molecule has 1 aliphatic rings. The van der Waals surface area contributed by atoms with E-state index in [0.29, 0.717) is 5.92 Å². The molecule has 0 spiro atoms. The second-order valence-electron chi connectivity index (χ2n) is 6.85. The van der Waals surface area contributed by atoms with Crippen molar-refractivity contribution in [2.75, 3.05) is 19.6 Å². The van der Waals surface area contributed by atoms with Crippen LogP contribution in [0, 0.1) is 0 Å². The van der Waals surface area contributed by atoms with Gasteiger partial charge in [-0.25, -0.2) is 9.97 Å². The minimum Gasteiger partial charge on any atom is -0.440 e. The van der Waals surface area contributed by atoms with Crippen LogP contribution in [0.4, 0.5) is 0 Å². The van der Waals surface area contributed by atoms with Crippen LogP contribution in [0.5, 0.6) is 0 Å². The van der Waals surface area contributed by atoms with Crippen molar-refractivity contribution in [3.8, 4) is 0 Å². The second-order valence-corrected chi connectivity index (χ2v) is 6.85. The molecule has 0 N–H and O–H groups in total. The lowest BCUT2D eigenvalue weighted by atomic mass is 9.96. The van der Waals surface area contributed by atoms with E-state index in [4.69, 9.17) is 4.42 Å². The molecule has 0 unspecified atom stereocenters. The van der Waals surface area contributed by atoms with Crippen LogP contribution in [0.3, 0.4) is 0 Å². The summed E-state index contributed by atoms with van der Waals surface area (Å²) in [5.41, 5.74) is 1.89. The molecular weight excluding hydrogens is 314 g/mol. The standard InChI is InChI=1S/C19H25N5O/c1(5-11-24-15-20-14-21-24)4-10-23-12-8-16(9-13-23)19-22-17-6-2-3-7-18(17)25-19/h2-3,6-7,14-16H,1,4-5,8-13H2. The first-order valence-electron chi connectivity index (χ1n) is 9.29. The van der Waals surface area contributed by atoms with Gasteiger partial charge in [0.25, 0.3) is 0 Å². The molecular formula is C19H25N5O. The van der Waals surface area contributed by atoms with Crippen LogP contribution in [-0.4, -0.2) is 44.3 Å². The fourth-order valence-electron chi connectivity index (χ4n) is 3.60. The third-order valence-corrected chi connectivity index (χ3v) is 5.08. The number of rotatable bonds is 7. The highest BCUT2D eigenvalue weighted by molar-refractivity contribution is 5.72. The van der Waals surface area contributed by atoms with Crippen molar-refractivity contribution in [3.05, 3.63) is 42.8 Å². The smallest absolute Gasteiger partial charge is 0.198 e. The first kappa shape index (κ1) is 16.3. The lowest BCUT2D eigenvalue weighted by Crippen LogP contribution is -2.33. The van der Waals surface area contributed by atoms with E-state index in [1.807, 2.05) is 28.9 Å². The zero-order valence-electron chi connectivity index (χ0n) is 14.5. The first-order valence-corrected chi connectivity index (χ1v) is 9.29. The molecule has 0 aliphatic carbocycles. The highest BCUT2D eigenvalue weighted by Crippen LogP contribution is 2.29. The number of likely N-dealkylation sites (tertiary alicyclic amines) is 1. The summed E-state index contributed by atoms with van der Waals surface area (Å²) in [5.74, 6) is 1.39. The molecule has 132 valence electrons. The molecule has 2 aromatic heterocycles. The van der Waals surface area contributed by atoms with Crippen molar-refractivity contribution >= 4 is 11.1 Å². The Bertz CT molecular complexity index is 741. The van der Waals surface area contributed by atoms with Gasteiger partial charge < -0.3 is 9.32 Å². The molecule has 4 rings (SSSR count). The number of nitrogens with zero attached hydrogens (tertiary/aromatic N) is 5. The molecule has 0 bridgehead atoms. The summed E-state index contributed by atoms with van der Waals surface area (Å²) in [5, 5.41) is 4.14. The molecule has 1 fully saturated rings. The molecule has 0 atom stereocenters. The second kappa shape index (κ2) is 7.78. The van der Waals surface area contributed by atoms with E-state index in [2.05, 4.69) is 20.0 Å². The summed E-state index contributed by atoms with van der Waals surface area (Å²) in [4.78, 5) is 11.2. The predicted octanol–water partition coefficient (Wildman–Crippen LogP) is 3.47. The number of hydrogen-bond donors (Lipinski definition) is 0. The van der Waals surface area contributed by atoms with Gasteiger partial charge in [0.15, 0.2) is 11.5 Å². The Balaban J connectivity index is 1.18. The molecule has 25 heavy (non-hydrogen) atoms. The number of para-hydroxylation sites is 2. The van der Waals surface area contributed by atoms with Gasteiger partial charge in [0.05, 0.1) is 0 Å². The van der Waals surface area contributed by atoms with Gasteiger partial charge in [-0.2, -0.15) is 5.10 Å². The van der Waals surface area contributed by atoms with Gasteiger partial charge in [0.1, 0.15) is 18.2 Å². The monoisotopic (exact) mass is 339 g/mol. The zero-order valence-corrected chi connectivity index (χ0v) is 14.5. The number of hydrogen-bond acceptors (Lipinski definition) is 5. The maximum atomic E-state index is 5.95. The minimum absolute atomic E-state index is 0.468. The maximum Gasteiger partial charge on any atom is 0.198 e. The molecule has 6 heteroatoms. The molecule has 1 saturated heterocycles. The molecule has 1 aliphatic heterocycles.